The maximum atomic E-state index is 2.73. The molecule has 6 heteroatoms. The molecule has 0 bridgehead atoms. The largest absolute Gasteiger partial charge is 0.374 e. The normalized spacial score (nSPS) is 13.4. The van der Waals surface area contributed by atoms with Crippen LogP contribution in [-0.2, 0) is 12.8 Å². The van der Waals surface area contributed by atoms with Crippen molar-refractivity contribution in [2.45, 2.75) is 91.9 Å². The number of hydrogen-bond donors (Lipinski definition) is 0. The first-order valence-electron chi connectivity index (χ1n) is 13.8. The van der Waals surface area contributed by atoms with E-state index in [9.17, 15) is 0 Å². The summed E-state index contributed by atoms with van der Waals surface area (Å²) < 4.78 is 0. The molecule has 0 saturated heterocycles. The standard InChI is InChI=1S/C30H36BNS4/c1-5-7-9-11-13-21-17-24-28(35-21)30-26(18-22(36-30)14-12-10-8-6-2)32-25-16-20(4)34-29(25)27-23(31(24)32)15-19(3)33-27/h15-18H,5-14H2,1-4H3. The Hall–Kier alpha value is -1.34. The van der Waals surface area contributed by atoms with Crippen LogP contribution in [0, 0.1) is 13.8 Å². The van der Waals surface area contributed by atoms with Crippen LogP contribution in [0.5, 0.6) is 0 Å². The molecule has 6 rings (SSSR count). The third-order valence-electron chi connectivity index (χ3n) is 7.63. The summed E-state index contributed by atoms with van der Waals surface area (Å²) in [7, 11) is 0. The number of aryl methyl sites for hydroxylation is 4. The molecule has 0 aromatic carbocycles. The highest BCUT2D eigenvalue weighted by molar-refractivity contribution is 7.27. The molecular formula is C30H36BNS4. The summed E-state index contributed by atoms with van der Waals surface area (Å²) in [6, 6.07) is 10.1. The molecule has 2 aliphatic rings. The Bertz CT molecular complexity index is 1270. The van der Waals surface area contributed by atoms with E-state index in [0.717, 1.165) is 0 Å². The monoisotopic (exact) mass is 549 g/mol. The quantitative estimate of drug-likeness (QED) is 0.141. The van der Waals surface area contributed by atoms with Crippen molar-refractivity contribution in [1.82, 2.24) is 0 Å². The third kappa shape index (κ3) is 4.36. The molecule has 0 atom stereocenters. The summed E-state index contributed by atoms with van der Waals surface area (Å²) in [6.07, 6.45) is 13.1. The molecule has 36 heavy (non-hydrogen) atoms. The first-order valence-corrected chi connectivity index (χ1v) is 17.1. The van der Waals surface area contributed by atoms with Crippen LogP contribution in [-0.4, -0.2) is 6.85 Å². The lowest BCUT2D eigenvalue weighted by atomic mass is 9.46. The highest BCUT2D eigenvalue weighted by Crippen LogP contribution is 2.54. The van der Waals surface area contributed by atoms with Crippen molar-refractivity contribution in [2.75, 3.05) is 4.81 Å². The first-order chi connectivity index (χ1) is 17.6. The fourth-order valence-electron chi connectivity index (χ4n) is 5.92. The zero-order chi connectivity index (χ0) is 24.8. The van der Waals surface area contributed by atoms with Crippen LogP contribution in [0.4, 0.5) is 11.4 Å². The number of hydrogen-bond acceptors (Lipinski definition) is 5. The number of nitrogens with zero attached hydrogens (tertiary/aromatic N) is 1. The van der Waals surface area contributed by atoms with Gasteiger partial charge in [-0.25, -0.2) is 0 Å². The van der Waals surface area contributed by atoms with Crippen molar-refractivity contribution < 1.29 is 0 Å². The fraction of sp³-hybridized carbons (Fsp3) is 0.467. The predicted octanol–water partition coefficient (Wildman–Crippen LogP) is 9.70. The van der Waals surface area contributed by atoms with Gasteiger partial charge in [-0.15, -0.1) is 45.3 Å². The number of anilines is 2. The van der Waals surface area contributed by atoms with E-state index < -0.39 is 0 Å². The number of rotatable bonds is 10. The van der Waals surface area contributed by atoms with Gasteiger partial charge >= 0.3 is 6.85 Å². The first kappa shape index (κ1) is 25.0. The Balaban J connectivity index is 1.46. The third-order valence-corrected chi connectivity index (χ3v) is 12.5. The summed E-state index contributed by atoms with van der Waals surface area (Å²) in [6.45, 7) is 9.49. The Morgan fingerprint density at radius 3 is 1.83 bits per heavy atom. The summed E-state index contributed by atoms with van der Waals surface area (Å²) in [4.78, 5) is 14.8. The van der Waals surface area contributed by atoms with Gasteiger partial charge in [0, 0.05) is 40.6 Å². The maximum absolute atomic E-state index is 2.73. The number of unbranched alkanes of at least 4 members (excludes halogenated alkanes) is 6. The van der Waals surface area contributed by atoms with Gasteiger partial charge in [0.1, 0.15) is 0 Å². The van der Waals surface area contributed by atoms with Gasteiger partial charge in [0.05, 0.1) is 9.75 Å². The second-order valence-corrected chi connectivity index (χ2v) is 15.3. The van der Waals surface area contributed by atoms with Crippen molar-refractivity contribution in [1.29, 1.82) is 0 Å². The van der Waals surface area contributed by atoms with Gasteiger partial charge in [-0.1, -0.05) is 64.5 Å². The molecule has 0 spiro atoms. The summed E-state index contributed by atoms with van der Waals surface area (Å²) in [5, 5.41) is 0. The molecule has 1 nitrogen and oxygen atoms in total. The molecule has 0 unspecified atom stereocenters. The van der Waals surface area contributed by atoms with E-state index in [0.29, 0.717) is 6.85 Å². The molecule has 0 aliphatic carbocycles. The lowest BCUT2D eigenvalue weighted by Gasteiger charge is -2.38. The average molecular weight is 550 g/mol. The van der Waals surface area contributed by atoms with E-state index in [1.807, 2.05) is 22.7 Å². The Morgan fingerprint density at radius 1 is 0.583 bits per heavy atom. The van der Waals surface area contributed by atoms with E-state index >= 15 is 0 Å². The molecule has 188 valence electrons. The van der Waals surface area contributed by atoms with E-state index in [-0.39, 0.29) is 0 Å². The van der Waals surface area contributed by atoms with Gasteiger partial charge in [0.2, 0.25) is 0 Å². The molecule has 6 heterocycles. The zero-order valence-corrected chi connectivity index (χ0v) is 25.3. The molecule has 2 aliphatic heterocycles. The number of thiophene rings is 4. The van der Waals surface area contributed by atoms with Crippen LogP contribution >= 0.6 is 45.3 Å². The smallest absolute Gasteiger partial charge is 0.331 e. The molecule has 4 aromatic heterocycles. The topological polar surface area (TPSA) is 3.24 Å². The van der Waals surface area contributed by atoms with Crippen LogP contribution in [0.25, 0.3) is 19.5 Å². The Labute approximate surface area is 233 Å². The van der Waals surface area contributed by atoms with Gasteiger partial charge in [0.15, 0.2) is 0 Å². The molecule has 4 aromatic rings. The van der Waals surface area contributed by atoms with E-state index in [4.69, 9.17) is 0 Å². The fourth-order valence-corrected chi connectivity index (χ4v) is 10.7. The van der Waals surface area contributed by atoms with Crippen LogP contribution in [0.2, 0.25) is 0 Å². The van der Waals surface area contributed by atoms with Crippen LogP contribution in [0.1, 0.15) is 84.7 Å². The van der Waals surface area contributed by atoms with Gasteiger partial charge in [-0.05, 0) is 62.6 Å². The Morgan fingerprint density at radius 2 is 1.11 bits per heavy atom. The zero-order valence-electron chi connectivity index (χ0n) is 22.0. The summed E-state index contributed by atoms with van der Waals surface area (Å²) in [5.74, 6) is 0. The SMILES string of the molecule is CCCCCCc1cc2c(s1)-c1sc(CCCCCC)cc1N1B2c2cc(C)sc2-c2sc(C)cc21. The minimum Gasteiger partial charge on any atom is -0.374 e. The second kappa shape index (κ2) is 10.4. The van der Waals surface area contributed by atoms with E-state index in [1.54, 1.807) is 20.1 Å². The summed E-state index contributed by atoms with van der Waals surface area (Å²) >= 11 is 8.15. The van der Waals surface area contributed by atoms with Crippen LogP contribution in [0.3, 0.4) is 0 Å². The van der Waals surface area contributed by atoms with Crippen LogP contribution in [0.15, 0.2) is 24.3 Å². The highest BCUT2D eigenvalue weighted by Gasteiger charge is 2.45. The Kier molecular flexibility index (Phi) is 7.24. The van der Waals surface area contributed by atoms with Gasteiger partial charge in [-0.2, -0.15) is 0 Å². The van der Waals surface area contributed by atoms with E-state index in [1.165, 1.54) is 105 Å². The van der Waals surface area contributed by atoms with Crippen molar-refractivity contribution >= 4 is 74.5 Å². The van der Waals surface area contributed by atoms with Gasteiger partial charge < -0.3 is 4.81 Å². The second-order valence-electron chi connectivity index (χ2n) is 10.5. The molecule has 0 radical (unpaired) electrons. The van der Waals surface area contributed by atoms with Gasteiger partial charge in [-0.3, -0.25) is 0 Å². The van der Waals surface area contributed by atoms with Gasteiger partial charge in [0.25, 0.3) is 0 Å². The highest BCUT2D eigenvalue weighted by atomic mass is 32.1. The molecule has 0 fully saturated rings. The van der Waals surface area contributed by atoms with Crippen molar-refractivity contribution in [2.24, 2.45) is 0 Å². The molecular weight excluding hydrogens is 513 g/mol. The van der Waals surface area contributed by atoms with Crippen molar-refractivity contribution in [3.63, 3.8) is 0 Å². The maximum Gasteiger partial charge on any atom is 0.331 e. The summed E-state index contributed by atoms with van der Waals surface area (Å²) in [5.41, 5.74) is 6.00. The molecule has 0 saturated carbocycles. The predicted molar refractivity (Wildman–Crippen MR) is 168 cm³/mol. The van der Waals surface area contributed by atoms with Crippen molar-refractivity contribution in [3.05, 3.63) is 43.8 Å². The lowest BCUT2D eigenvalue weighted by molar-refractivity contribution is 0.670. The average Bonchev–Trinajstić information content (AvgIpc) is 3.62. The van der Waals surface area contributed by atoms with Crippen molar-refractivity contribution in [3.8, 4) is 19.5 Å². The minimum atomic E-state index is 0.317. The lowest BCUT2D eigenvalue weighted by Crippen LogP contribution is -2.58. The molecule has 0 N–H and O–H groups in total. The van der Waals surface area contributed by atoms with E-state index in [2.05, 4.69) is 79.4 Å². The molecule has 0 amide bonds. The number of fused-ring (bicyclic) bond motifs is 11. The van der Waals surface area contributed by atoms with Crippen LogP contribution < -0.4 is 15.7 Å². The minimum absolute atomic E-state index is 0.317.